The van der Waals surface area contributed by atoms with Gasteiger partial charge in [0, 0.05) is 19.8 Å². The first-order chi connectivity index (χ1) is 10.3. The molecule has 0 spiro atoms. The fraction of sp³-hybridized carbons (Fsp3) is 0.545. The van der Waals surface area contributed by atoms with Gasteiger partial charge >= 0.3 is 0 Å². The fourth-order valence-corrected chi connectivity index (χ4v) is 1.54. The monoisotopic (exact) mass is 293 g/mol. The maximum atomic E-state index is 5.40. The van der Waals surface area contributed by atoms with E-state index in [1.54, 1.807) is 0 Å². The summed E-state index contributed by atoms with van der Waals surface area (Å²) in [6.07, 6.45) is 4.78. The second-order valence-electron chi connectivity index (χ2n) is 4.16. The second-order valence-corrected chi connectivity index (χ2v) is 4.16. The summed E-state index contributed by atoms with van der Waals surface area (Å²) in [4.78, 5) is 16.3. The number of nitrogens with two attached hydrogens (primary N) is 1. The average molecular weight is 293 g/mol. The van der Waals surface area contributed by atoms with Gasteiger partial charge in [0.15, 0.2) is 0 Å². The molecule has 0 bridgehead atoms. The molecule has 2 aromatic heterocycles. The molecule has 4 N–H and O–H groups in total. The molecule has 0 aliphatic heterocycles. The van der Waals surface area contributed by atoms with Crippen molar-refractivity contribution in [3.05, 3.63) is 12.7 Å². The number of anilines is 2. The highest BCUT2D eigenvalue weighted by molar-refractivity contribution is 5.36. The van der Waals surface area contributed by atoms with E-state index in [4.69, 9.17) is 10.6 Å². The number of rotatable bonds is 9. The van der Waals surface area contributed by atoms with E-state index in [1.165, 1.54) is 17.3 Å². The lowest BCUT2D eigenvalue weighted by Crippen LogP contribution is -2.16. The standard InChI is InChI=1S/C11H19N9O/c1-2-5-21-6-3-4-14-9-16-10(19-12)18-11(17-9)20-8-13-7-15-20/h7-8H,2-6,12H2,1H3,(H2,14,16,17,18,19). The number of nitrogens with zero attached hydrogens (tertiary/aromatic N) is 6. The minimum atomic E-state index is 0.250. The van der Waals surface area contributed by atoms with E-state index in [1.807, 2.05) is 0 Å². The van der Waals surface area contributed by atoms with Crippen LogP contribution in [0.25, 0.3) is 5.95 Å². The van der Waals surface area contributed by atoms with Crippen molar-refractivity contribution < 1.29 is 4.74 Å². The van der Waals surface area contributed by atoms with Crippen molar-refractivity contribution in [2.75, 3.05) is 30.5 Å². The Kier molecular flexibility index (Phi) is 5.79. The molecule has 0 amide bonds. The van der Waals surface area contributed by atoms with E-state index in [2.05, 4.69) is 42.7 Å². The van der Waals surface area contributed by atoms with E-state index in [-0.39, 0.29) is 5.95 Å². The van der Waals surface area contributed by atoms with Crippen molar-refractivity contribution in [1.29, 1.82) is 0 Å². The third-order valence-corrected chi connectivity index (χ3v) is 2.47. The third kappa shape index (κ3) is 4.61. The minimum Gasteiger partial charge on any atom is -0.381 e. The van der Waals surface area contributed by atoms with Crippen LogP contribution in [0.3, 0.4) is 0 Å². The van der Waals surface area contributed by atoms with E-state index < -0.39 is 0 Å². The van der Waals surface area contributed by atoms with Crippen LogP contribution < -0.4 is 16.6 Å². The van der Waals surface area contributed by atoms with E-state index in [0.717, 1.165) is 19.4 Å². The molecular weight excluding hydrogens is 274 g/mol. The van der Waals surface area contributed by atoms with Crippen LogP contribution in [0.2, 0.25) is 0 Å². The Labute approximate surface area is 122 Å². The summed E-state index contributed by atoms with van der Waals surface area (Å²) in [6.45, 7) is 4.25. The quantitative estimate of drug-likeness (QED) is 0.331. The van der Waals surface area contributed by atoms with Gasteiger partial charge in [-0.3, -0.25) is 5.43 Å². The van der Waals surface area contributed by atoms with Crippen LogP contribution >= 0.6 is 0 Å². The highest BCUT2D eigenvalue weighted by Gasteiger charge is 2.07. The van der Waals surface area contributed by atoms with Crippen LogP contribution in [0.15, 0.2) is 12.7 Å². The molecule has 0 fully saturated rings. The number of aromatic nitrogens is 6. The minimum absolute atomic E-state index is 0.250. The van der Waals surface area contributed by atoms with Gasteiger partial charge in [0.05, 0.1) is 0 Å². The van der Waals surface area contributed by atoms with Crippen molar-refractivity contribution >= 4 is 11.9 Å². The van der Waals surface area contributed by atoms with Gasteiger partial charge in [-0.2, -0.15) is 24.7 Å². The Morgan fingerprint density at radius 3 is 2.81 bits per heavy atom. The van der Waals surface area contributed by atoms with Gasteiger partial charge in [-0.1, -0.05) is 6.92 Å². The zero-order valence-corrected chi connectivity index (χ0v) is 11.9. The lowest BCUT2D eigenvalue weighted by Gasteiger charge is -2.08. The molecule has 0 saturated heterocycles. The SMILES string of the molecule is CCCOCCCNc1nc(NN)nc(-n2cncn2)n1. The van der Waals surface area contributed by atoms with E-state index in [9.17, 15) is 0 Å². The summed E-state index contributed by atoms with van der Waals surface area (Å²) < 4.78 is 6.83. The number of hydrogen-bond donors (Lipinski definition) is 3. The molecule has 10 nitrogen and oxygen atoms in total. The van der Waals surface area contributed by atoms with Gasteiger partial charge in [-0.15, -0.1) is 0 Å². The maximum Gasteiger partial charge on any atom is 0.258 e. The highest BCUT2D eigenvalue weighted by atomic mass is 16.5. The van der Waals surface area contributed by atoms with Crippen LogP contribution in [-0.2, 0) is 4.74 Å². The Morgan fingerprint density at radius 1 is 1.24 bits per heavy atom. The van der Waals surface area contributed by atoms with Crippen molar-refractivity contribution in [2.45, 2.75) is 19.8 Å². The number of hydrazine groups is 1. The highest BCUT2D eigenvalue weighted by Crippen LogP contribution is 2.07. The molecule has 0 radical (unpaired) electrons. The Hall–Kier alpha value is -2.33. The van der Waals surface area contributed by atoms with Gasteiger partial charge < -0.3 is 10.1 Å². The summed E-state index contributed by atoms with van der Waals surface area (Å²) in [5, 5.41) is 7.07. The van der Waals surface area contributed by atoms with Crippen LogP contribution in [0, 0.1) is 0 Å². The largest absolute Gasteiger partial charge is 0.381 e. The zero-order chi connectivity index (χ0) is 14.9. The van der Waals surface area contributed by atoms with Gasteiger partial charge in [-0.25, -0.2) is 10.8 Å². The molecule has 0 atom stereocenters. The third-order valence-electron chi connectivity index (χ3n) is 2.47. The normalized spacial score (nSPS) is 10.6. The van der Waals surface area contributed by atoms with Crippen molar-refractivity contribution in [1.82, 2.24) is 29.7 Å². The molecule has 0 aromatic carbocycles. The summed E-state index contributed by atoms with van der Waals surface area (Å²) in [5.74, 6) is 6.35. The molecular formula is C11H19N9O. The predicted octanol–water partition coefficient (Wildman–Crippen LogP) is -0.0335. The lowest BCUT2D eigenvalue weighted by molar-refractivity contribution is 0.134. The van der Waals surface area contributed by atoms with Crippen LogP contribution in [0.4, 0.5) is 11.9 Å². The van der Waals surface area contributed by atoms with E-state index >= 15 is 0 Å². The molecule has 114 valence electrons. The molecule has 2 heterocycles. The Bertz CT molecular complexity index is 530. The maximum absolute atomic E-state index is 5.40. The number of ether oxygens (including phenoxy) is 1. The average Bonchev–Trinajstić information content (AvgIpc) is 3.05. The molecule has 0 saturated carbocycles. The predicted molar refractivity (Wildman–Crippen MR) is 76.8 cm³/mol. The van der Waals surface area contributed by atoms with Gasteiger partial charge in [0.2, 0.25) is 11.9 Å². The number of nitrogen functional groups attached to an aromatic ring is 1. The van der Waals surface area contributed by atoms with Crippen molar-refractivity contribution in [3.8, 4) is 5.95 Å². The second kappa shape index (κ2) is 8.07. The van der Waals surface area contributed by atoms with Gasteiger partial charge in [0.25, 0.3) is 5.95 Å². The molecule has 0 aliphatic carbocycles. The first-order valence-corrected chi connectivity index (χ1v) is 6.72. The van der Waals surface area contributed by atoms with E-state index in [0.29, 0.717) is 25.0 Å². The fourth-order valence-electron chi connectivity index (χ4n) is 1.54. The molecule has 10 heteroatoms. The van der Waals surface area contributed by atoms with Gasteiger partial charge in [-0.05, 0) is 12.8 Å². The van der Waals surface area contributed by atoms with Crippen LogP contribution in [0.5, 0.6) is 0 Å². The Balaban J connectivity index is 1.94. The molecule has 0 aliphatic rings. The number of hydrogen-bond acceptors (Lipinski definition) is 9. The summed E-state index contributed by atoms with van der Waals surface area (Å²) in [5.41, 5.74) is 2.40. The van der Waals surface area contributed by atoms with Crippen LogP contribution in [-0.4, -0.2) is 49.5 Å². The molecule has 0 unspecified atom stereocenters. The first kappa shape index (κ1) is 15.1. The van der Waals surface area contributed by atoms with Crippen molar-refractivity contribution in [2.24, 2.45) is 5.84 Å². The molecule has 21 heavy (non-hydrogen) atoms. The Morgan fingerprint density at radius 2 is 2.10 bits per heavy atom. The lowest BCUT2D eigenvalue weighted by atomic mass is 10.4. The van der Waals surface area contributed by atoms with Gasteiger partial charge in [0.1, 0.15) is 12.7 Å². The topological polar surface area (TPSA) is 129 Å². The first-order valence-electron chi connectivity index (χ1n) is 6.72. The summed E-state index contributed by atoms with van der Waals surface area (Å²) in [6, 6.07) is 0. The molecule has 2 rings (SSSR count). The van der Waals surface area contributed by atoms with Crippen LogP contribution in [0.1, 0.15) is 19.8 Å². The summed E-state index contributed by atoms with van der Waals surface area (Å²) >= 11 is 0. The number of nitrogens with one attached hydrogen (secondary N) is 2. The zero-order valence-electron chi connectivity index (χ0n) is 11.9. The van der Waals surface area contributed by atoms with Crippen molar-refractivity contribution in [3.63, 3.8) is 0 Å². The summed E-state index contributed by atoms with van der Waals surface area (Å²) in [7, 11) is 0. The smallest absolute Gasteiger partial charge is 0.258 e. The molecule has 2 aromatic rings.